The van der Waals surface area contributed by atoms with E-state index in [4.69, 9.17) is 4.74 Å². The fourth-order valence-electron chi connectivity index (χ4n) is 3.23. The van der Waals surface area contributed by atoms with Crippen LogP contribution in [-0.4, -0.2) is 32.8 Å². The van der Waals surface area contributed by atoms with Crippen LogP contribution in [0.15, 0.2) is 35.1 Å². The van der Waals surface area contributed by atoms with Gasteiger partial charge in [0.1, 0.15) is 11.6 Å². The molecule has 2 N–H and O–H groups in total. The topological polar surface area (TPSA) is 102 Å². The Balaban J connectivity index is 1.69. The number of carbonyl (C=O) groups is 1. The van der Waals surface area contributed by atoms with Gasteiger partial charge in [0.2, 0.25) is 5.95 Å². The molecule has 0 fully saturated rings. The molecule has 0 atom stereocenters. The molecule has 0 bridgehead atoms. The number of fused-ring (bicyclic) bond motifs is 1. The lowest BCUT2D eigenvalue weighted by atomic mass is 10.2. The molecule has 1 amide bonds. The SMILES string of the molecule is COc1cccc(C(=O)Nc2cc(C)nn2-c2nc3c(c(=O)[nH]2)CCC3)c1. The Kier molecular flexibility index (Phi) is 4.23. The van der Waals surface area contributed by atoms with Crippen molar-refractivity contribution in [3.63, 3.8) is 0 Å². The van der Waals surface area contributed by atoms with Gasteiger partial charge in [-0.05, 0) is 44.4 Å². The standard InChI is InChI=1S/C19H19N5O3/c1-11-9-16(21-17(25)12-5-3-6-13(10-12)27-2)24(23-11)19-20-15-8-4-7-14(15)18(26)22-19/h3,5-6,9-10H,4,7-8H2,1-2H3,(H,21,25)(H,20,22,26). The summed E-state index contributed by atoms with van der Waals surface area (Å²) in [7, 11) is 1.55. The van der Waals surface area contributed by atoms with Crippen molar-refractivity contribution in [1.82, 2.24) is 19.7 Å². The van der Waals surface area contributed by atoms with Crippen LogP contribution in [0.25, 0.3) is 5.95 Å². The van der Waals surface area contributed by atoms with Gasteiger partial charge in [0, 0.05) is 17.2 Å². The van der Waals surface area contributed by atoms with E-state index in [2.05, 4.69) is 20.4 Å². The lowest BCUT2D eigenvalue weighted by molar-refractivity contribution is 0.102. The molecule has 27 heavy (non-hydrogen) atoms. The minimum absolute atomic E-state index is 0.147. The fourth-order valence-corrected chi connectivity index (χ4v) is 3.23. The molecule has 138 valence electrons. The Morgan fingerprint density at radius 1 is 1.30 bits per heavy atom. The molecule has 0 saturated heterocycles. The van der Waals surface area contributed by atoms with E-state index >= 15 is 0 Å². The third-order valence-electron chi connectivity index (χ3n) is 4.53. The van der Waals surface area contributed by atoms with Crippen LogP contribution in [0.3, 0.4) is 0 Å². The Bertz CT molecular complexity index is 1080. The molecule has 0 unspecified atom stereocenters. The molecule has 4 rings (SSSR count). The summed E-state index contributed by atoms with van der Waals surface area (Å²) < 4.78 is 6.61. The number of anilines is 1. The van der Waals surface area contributed by atoms with Gasteiger partial charge in [-0.15, -0.1) is 0 Å². The van der Waals surface area contributed by atoms with Crippen molar-refractivity contribution >= 4 is 11.7 Å². The van der Waals surface area contributed by atoms with E-state index in [-0.39, 0.29) is 11.5 Å². The van der Waals surface area contributed by atoms with Gasteiger partial charge in [-0.25, -0.2) is 4.98 Å². The zero-order valence-electron chi connectivity index (χ0n) is 15.1. The molecule has 8 nitrogen and oxygen atoms in total. The number of nitrogens with zero attached hydrogens (tertiary/aromatic N) is 3. The van der Waals surface area contributed by atoms with E-state index in [0.717, 1.165) is 30.5 Å². The Hall–Kier alpha value is -3.42. The number of hydrogen-bond acceptors (Lipinski definition) is 5. The number of aromatic nitrogens is 4. The summed E-state index contributed by atoms with van der Waals surface area (Å²) in [6.07, 6.45) is 2.44. The van der Waals surface area contributed by atoms with Crippen molar-refractivity contribution in [1.29, 1.82) is 0 Å². The molecule has 0 aliphatic heterocycles. The van der Waals surface area contributed by atoms with Gasteiger partial charge in [-0.3, -0.25) is 14.6 Å². The minimum Gasteiger partial charge on any atom is -0.497 e. The summed E-state index contributed by atoms with van der Waals surface area (Å²) in [6.45, 7) is 1.81. The molecule has 1 aliphatic carbocycles. The zero-order chi connectivity index (χ0) is 19.0. The molecule has 0 radical (unpaired) electrons. The number of rotatable bonds is 4. The van der Waals surface area contributed by atoms with Gasteiger partial charge < -0.3 is 10.1 Å². The number of H-pyrrole nitrogens is 1. The minimum atomic E-state index is -0.307. The van der Waals surface area contributed by atoms with Crippen LogP contribution < -0.4 is 15.6 Å². The largest absolute Gasteiger partial charge is 0.497 e. The second-order valence-corrected chi connectivity index (χ2v) is 6.44. The molecule has 0 saturated carbocycles. The normalized spacial score (nSPS) is 12.7. The maximum absolute atomic E-state index is 12.6. The van der Waals surface area contributed by atoms with E-state index in [1.807, 2.05) is 6.92 Å². The third-order valence-corrected chi connectivity index (χ3v) is 4.53. The Morgan fingerprint density at radius 3 is 2.96 bits per heavy atom. The maximum atomic E-state index is 12.6. The van der Waals surface area contributed by atoms with Crippen molar-refractivity contribution in [2.75, 3.05) is 12.4 Å². The molecule has 3 aromatic rings. The number of amides is 1. The van der Waals surface area contributed by atoms with Gasteiger partial charge in [0.25, 0.3) is 11.5 Å². The van der Waals surface area contributed by atoms with Crippen LogP contribution in [0.4, 0.5) is 5.82 Å². The number of aryl methyl sites for hydroxylation is 2. The number of methoxy groups -OCH3 is 1. The first-order valence-corrected chi connectivity index (χ1v) is 8.69. The second-order valence-electron chi connectivity index (χ2n) is 6.44. The molecule has 2 heterocycles. The highest BCUT2D eigenvalue weighted by atomic mass is 16.5. The Labute approximate surface area is 155 Å². The number of aromatic amines is 1. The molecule has 0 spiro atoms. The quantitative estimate of drug-likeness (QED) is 0.736. The predicted octanol–water partition coefficient (Wildman–Crippen LogP) is 2.01. The smallest absolute Gasteiger partial charge is 0.256 e. The zero-order valence-corrected chi connectivity index (χ0v) is 15.1. The summed E-state index contributed by atoms with van der Waals surface area (Å²) >= 11 is 0. The summed E-state index contributed by atoms with van der Waals surface area (Å²) in [5.41, 5.74) is 2.54. The number of hydrogen-bond donors (Lipinski definition) is 2. The first-order chi connectivity index (χ1) is 13.0. The van der Waals surface area contributed by atoms with Crippen molar-refractivity contribution < 1.29 is 9.53 Å². The van der Waals surface area contributed by atoms with E-state index in [1.54, 1.807) is 37.4 Å². The van der Waals surface area contributed by atoms with Crippen molar-refractivity contribution in [3.8, 4) is 11.7 Å². The van der Waals surface area contributed by atoms with Gasteiger partial charge in [-0.1, -0.05) is 6.07 Å². The van der Waals surface area contributed by atoms with Gasteiger partial charge in [-0.2, -0.15) is 9.78 Å². The molecule has 8 heteroatoms. The highest BCUT2D eigenvalue weighted by Gasteiger charge is 2.20. The first-order valence-electron chi connectivity index (χ1n) is 8.69. The third kappa shape index (κ3) is 3.21. The lowest BCUT2D eigenvalue weighted by Crippen LogP contribution is -2.21. The fraction of sp³-hybridized carbons (Fsp3) is 0.263. The molecule has 1 aromatic carbocycles. The predicted molar refractivity (Wildman–Crippen MR) is 99.7 cm³/mol. The van der Waals surface area contributed by atoms with Gasteiger partial charge in [0.15, 0.2) is 0 Å². The second kappa shape index (κ2) is 6.71. The average molecular weight is 365 g/mol. The molecule has 1 aliphatic rings. The first kappa shape index (κ1) is 17.0. The van der Waals surface area contributed by atoms with Crippen LogP contribution >= 0.6 is 0 Å². The highest BCUT2D eigenvalue weighted by molar-refractivity contribution is 6.04. The number of benzene rings is 1. The summed E-state index contributed by atoms with van der Waals surface area (Å²) in [6, 6.07) is 8.59. The van der Waals surface area contributed by atoms with Crippen LogP contribution in [0.1, 0.15) is 33.7 Å². The molecular weight excluding hydrogens is 346 g/mol. The van der Waals surface area contributed by atoms with Crippen LogP contribution in [0.2, 0.25) is 0 Å². The van der Waals surface area contributed by atoms with Crippen LogP contribution in [-0.2, 0) is 12.8 Å². The molecule has 2 aromatic heterocycles. The highest BCUT2D eigenvalue weighted by Crippen LogP contribution is 2.20. The number of ether oxygens (including phenoxy) is 1. The van der Waals surface area contributed by atoms with Crippen molar-refractivity contribution in [2.45, 2.75) is 26.2 Å². The summed E-state index contributed by atoms with van der Waals surface area (Å²) in [4.78, 5) is 32.2. The lowest BCUT2D eigenvalue weighted by Gasteiger charge is -2.10. The van der Waals surface area contributed by atoms with Crippen LogP contribution in [0, 0.1) is 6.92 Å². The summed E-state index contributed by atoms with van der Waals surface area (Å²) in [5.74, 6) is 1.02. The van der Waals surface area contributed by atoms with Crippen molar-refractivity contribution in [2.24, 2.45) is 0 Å². The molecular formula is C19H19N5O3. The Morgan fingerprint density at radius 2 is 2.15 bits per heavy atom. The number of nitrogens with one attached hydrogen (secondary N) is 2. The number of carbonyl (C=O) groups excluding carboxylic acids is 1. The average Bonchev–Trinajstić information content (AvgIpc) is 3.28. The van der Waals surface area contributed by atoms with Crippen LogP contribution in [0.5, 0.6) is 5.75 Å². The van der Waals surface area contributed by atoms with Gasteiger partial charge >= 0.3 is 0 Å². The maximum Gasteiger partial charge on any atom is 0.256 e. The summed E-state index contributed by atoms with van der Waals surface area (Å²) in [5, 5.41) is 7.20. The van der Waals surface area contributed by atoms with E-state index in [1.165, 1.54) is 4.68 Å². The van der Waals surface area contributed by atoms with E-state index in [9.17, 15) is 9.59 Å². The van der Waals surface area contributed by atoms with Crippen molar-refractivity contribution in [3.05, 3.63) is 63.2 Å². The van der Waals surface area contributed by atoms with E-state index < -0.39 is 0 Å². The van der Waals surface area contributed by atoms with E-state index in [0.29, 0.717) is 28.8 Å². The monoisotopic (exact) mass is 365 g/mol. The van der Waals surface area contributed by atoms with Gasteiger partial charge in [0.05, 0.1) is 18.5 Å².